The van der Waals surface area contributed by atoms with E-state index >= 15 is 0 Å². The van der Waals surface area contributed by atoms with Crippen LogP contribution in [0.5, 0.6) is 0 Å². The van der Waals surface area contributed by atoms with Crippen LogP contribution in [-0.4, -0.2) is 30.1 Å². The number of nitrogens with one attached hydrogen (secondary N) is 1. The highest BCUT2D eigenvalue weighted by Crippen LogP contribution is 2.20. The zero-order valence-corrected chi connectivity index (χ0v) is 13.8. The van der Waals surface area contributed by atoms with Crippen LogP contribution < -0.4 is 5.32 Å². The lowest BCUT2D eigenvalue weighted by atomic mass is 10.0. The number of ether oxygens (including phenoxy) is 1. The maximum atomic E-state index is 12.4. The third kappa shape index (κ3) is 4.28. The van der Waals surface area contributed by atoms with Crippen LogP contribution in [0.25, 0.3) is 10.9 Å². The zero-order valence-electron chi connectivity index (χ0n) is 13.8. The molecule has 0 saturated carbocycles. The van der Waals surface area contributed by atoms with Gasteiger partial charge >= 0.3 is 0 Å². The Morgan fingerprint density at radius 3 is 2.77 bits per heavy atom. The fraction of sp³-hybridized carbons (Fsp3) is 0.444. The molecule has 2 aromatic rings. The summed E-state index contributed by atoms with van der Waals surface area (Å²) < 4.78 is 5.47. The third-order valence-electron chi connectivity index (χ3n) is 3.39. The highest BCUT2D eigenvalue weighted by atomic mass is 16.5. The second kappa shape index (κ2) is 7.36. The predicted octanol–water partition coefficient (Wildman–Crippen LogP) is 3.40. The number of fused-ring (bicyclic) bond motifs is 1. The van der Waals surface area contributed by atoms with Crippen LogP contribution >= 0.6 is 0 Å². The highest BCUT2D eigenvalue weighted by molar-refractivity contribution is 6.06. The SMILES string of the molecule is Cc1ccc2nc(C)cc(C(=O)NCCCOC(C)C)c2c1. The van der Waals surface area contributed by atoms with Gasteiger partial charge in [0.1, 0.15) is 0 Å². The molecule has 118 valence electrons. The molecule has 1 aromatic heterocycles. The van der Waals surface area contributed by atoms with Gasteiger partial charge in [-0.15, -0.1) is 0 Å². The molecule has 0 aliphatic heterocycles. The molecule has 22 heavy (non-hydrogen) atoms. The molecular formula is C18H24N2O2. The van der Waals surface area contributed by atoms with Crippen molar-refractivity contribution in [1.82, 2.24) is 10.3 Å². The van der Waals surface area contributed by atoms with E-state index in [9.17, 15) is 4.79 Å². The fourth-order valence-electron chi connectivity index (χ4n) is 2.35. The average molecular weight is 300 g/mol. The van der Waals surface area contributed by atoms with E-state index in [1.807, 2.05) is 52.0 Å². The van der Waals surface area contributed by atoms with Gasteiger partial charge in [-0.25, -0.2) is 0 Å². The van der Waals surface area contributed by atoms with Crippen molar-refractivity contribution in [3.05, 3.63) is 41.1 Å². The normalized spacial score (nSPS) is 11.1. The smallest absolute Gasteiger partial charge is 0.252 e. The summed E-state index contributed by atoms with van der Waals surface area (Å²) in [6.45, 7) is 9.21. The van der Waals surface area contributed by atoms with E-state index in [-0.39, 0.29) is 12.0 Å². The Morgan fingerprint density at radius 1 is 1.27 bits per heavy atom. The number of benzene rings is 1. The van der Waals surface area contributed by atoms with E-state index in [1.54, 1.807) is 0 Å². The zero-order chi connectivity index (χ0) is 16.1. The quantitative estimate of drug-likeness (QED) is 0.832. The Balaban J connectivity index is 2.09. The molecule has 1 amide bonds. The van der Waals surface area contributed by atoms with Gasteiger partial charge in [0.2, 0.25) is 0 Å². The highest BCUT2D eigenvalue weighted by Gasteiger charge is 2.11. The summed E-state index contributed by atoms with van der Waals surface area (Å²) in [6, 6.07) is 7.84. The number of rotatable bonds is 6. The molecular weight excluding hydrogens is 276 g/mol. The van der Waals surface area contributed by atoms with Gasteiger partial charge in [0.25, 0.3) is 5.91 Å². The number of aromatic nitrogens is 1. The van der Waals surface area contributed by atoms with Gasteiger partial charge < -0.3 is 10.1 Å². The Kier molecular flexibility index (Phi) is 5.50. The van der Waals surface area contributed by atoms with E-state index in [0.717, 1.165) is 28.6 Å². The molecule has 0 bridgehead atoms. The molecule has 0 aliphatic carbocycles. The molecule has 0 spiro atoms. The molecule has 4 nitrogen and oxygen atoms in total. The predicted molar refractivity (Wildman–Crippen MR) is 89.3 cm³/mol. The van der Waals surface area contributed by atoms with Crippen LogP contribution in [0.1, 0.15) is 41.9 Å². The molecule has 0 atom stereocenters. The third-order valence-corrected chi connectivity index (χ3v) is 3.39. The van der Waals surface area contributed by atoms with E-state index < -0.39 is 0 Å². The van der Waals surface area contributed by atoms with Crippen LogP contribution in [0.15, 0.2) is 24.3 Å². The van der Waals surface area contributed by atoms with Crippen LogP contribution in [0.3, 0.4) is 0 Å². The van der Waals surface area contributed by atoms with Crippen molar-refractivity contribution in [1.29, 1.82) is 0 Å². The minimum absolute atomic E-state index is 0.0503. The second-order valence-electron chi connectivity index (χ2n) is 5.86. The summed E-state index contributed by atoms with van der Waals surface area (Å²) in [5, 5.41) is 3.87. The lowest BCUT2D eigenvalue weighted by Gasteiger charge is -2.10. The molecule has 1 heterocycles. The summed E-state index contributed by atoms with van der Waals surface area (Å²) in [4.78, 5) is 16.9. The summed E-state index contributed by atoms with van der Waals surface area (Å²) in [5.74, 6) is -0.0503. The fourth-order valence-corrected chi connectivity index (χ4v) is 2.35. The Bertz CT molecular complexity index is 665. The van der Waals surface area contributed by atoms with Crippen LogP contribution in [0.2, 0.25) is 0 Å². The minimum atomic E-state index is -0.0503. The number of carbonyl (C=O) groups is 1. The standard InChI is InChI=1S/C18H24N2O2/c1-12(2)22-9-5-8-19-18(21)16-11-14(4)20-17-7-6-13(3)10-15(16)17/h6-7,10-12H,5,8-9H2,1-4H3,(H,19,21). The lowest BCUT2D eigenvalue weighted by molar-refractivity contribution is 0.0757. The first-order valence-electron chi connectivity index (χ1n) is 7.75. The van der Waals surface area contributed by atoms with Gasteiger partial charge in [0.15, 0.2) is 0 Å². The van der Waals surface area contributed by atoms with E-state index in [0.29, 0.717) is 18.7 Å². The van der Waals surface area contributed by atoms with Crippen molar-refractivity contribution in [2.45, 2.75) is 40.2 Å². The molecule has 0 radical (unpaired) electrons. The molecule has 1 aromatic carbocycles. The van der Waals surface area contributed by atoms with E-state index in [1.165, 1.54) is 0 Å². The average Bonchev–Trinajstić information content (AvgIpc) is 2.46. The maximum Gasteiger partial charge on any atom is 0.252 e. The molecule has 0 unspecified atom stereocenters. The molecule has 0 saturated heterocycles. The Hall–Kier alpha value is -1.94. The van der Waals surface area contributed by atoms with Gasteiger partial charge in [0.05, 0.1) is 17.2 Å². The topological polar surface area (TPSA) is 51.2 Å². The van der Waals surface area contributed by atoms with Crippen molar-refractivity contribution in [3.8, 4) is 0 Å². The Morgan fingerprint density at radius 2 is 2.05 bits per heavy atom. The number of nitrogens with zero attached hydrogens (tertiary/aromatic N) is 1. The summed E-state index contributed by atoms with van der Waals surface area (Å²) in [6.07, 6.45) is 1.04. The monoisotopic (exact) mass is 300 g/mol. The number of carbonyl (C=O) groups excluding carboxylic acids is 1. The summed E-state index contributed by atoms with van der Waals surface area (Å²) in [5.41, 5.74) is 3.53. The van der Waals surface area contributed by atoms with Crippen LogP contribution in [-0.2, 0) is 4.74 Å². The molecule has 1 N–H and O–H groups in total. The number of pyridine rings is 1. The number of hydrogen-bond acceptors (Lipinski definition) is 3. The van der Waals surface area contributed by atoms with E-state index in [4.69, 9.17) is 4.74 Å². The molecule has 4 heteroatoms. The second-order valence-corrected chi connectivity index (χ2v) is 5.86. The largest absolute Gasteiger partial charge is 0.379 e. The van der Waals surface area contributed by atoms with Gasteiger partial charge in [-0.1, -0.05) is 11.6 Å². The van der Waals surface area contributed by atoms with Crippen LogP contribution in [0.4, 0.5) is 0 Å². The van der Waals surface area contributed by atoms with Crippen molar-refractivity contribution in [3.63, 3.8) is 0 Å². The lowest BCUT2D eigenvalue weighted by Crippen LogP contribution is -2.26. The minimum Gasteiger partial charge on any atom is -0.379 e. The number of aryl methyl sites for hydroxylation is 2. The van der Waals surface area contributed by atoms with Gasteiger partial charge in [-0.3, -0.25) is 9.78 Å². The van der Waals surface area contributed by atoms with Gasteiger partial charge in [-0.2, -0.15) is 0 Å². The van der Waals surface area contributed by atoms with Crippen molar-refractivity contribution in [2.75, 3.05) is 13.2 Å². The first kappa shape index (κ1) is 16.4. The molecule has 0 aliphatic rings. The van der Waals surface area contributed by atoms with Gasteiger partial charge in [-0.05, 0) is 52.3 Å². The molecule has 2 rings (SSSR count). The van der Waals surface area contributed by atoms with Crippen molar-refractivity contribution < 1.29 is 9.53 Å². The van der Waals surface area contributed by atoms with Crippen molar-refractivity contribution >= 4 is 16.8 Å². The van der Waals surface area contributed by atoms with E-state index in [2.05, 4.69) is 10.3 Å². The Labute approximate surface area is 131 Å². The number of amides is 1. The van der Waals surface area contributed by atoms with Crippen LogP contribution in [0, 0.1) is 13.8 Å². The summed E-state index contributed by atoms with van der Waals surface area (Å²) in [7, 11) is 0. The number of hydrogen-bond donors (Lipinski definition) is 1. The summed E-state index contributed by atoms with van der Waals surface area (Å²) >= 11 is 0. The molecule has 0 fully saturated rings. The van der Waals surface area contributed by atoms with Crippen molar-refractivity contribution in [2.24, 2.45) is 0 Å². The first-order chi connectivity index (χ1) is 10.5. The first-order valence-corrected chi connectivity index (χ1v) is 7.75. The van der Waals surface area contributed by atoms with Gasteiger partial charge in [0, 0.05) is 24.2 Å². The maximum absolute atomic E-state index is 12.4.